The zero-order valence-corrected chi connectivity index (χ0v) is 29.6. The van der Waals surface area contributed by atoms with E-state index in [-0.39, 0.29) is 24.3 Å². The highest BCUT2D eigenvalue weighted by molar-refractivity contribution is 5.91. The van der Waals surface area contributed by atoms with Crippen LogP contribution in [0.4, 0.5) is 4.79 Å². The Labute approximate surface area is 292 Å². The second-order valence-corrected chi connectivity index (χ2v) is 14.8. The molecule has 14 heteroatoms. The molecule has 1 spiro atoms. The number of carbonyl (C=O) groups excluding carboxylic acids is 2. The number of ketones is 1. The van der Waals surface area contributed by atoms with Crippen molar-refractivity contribution in [2.24, 2.45) is 0 Å². The van der Waals surface area contributed by atoms with Crippen LogP contribution in [0.25, 0.3) is 17.3 Å². The minimum atomic E-state index is -0.975. The SMILES string of the molecule is C[C@H](Oc1cc(-n2ccc(CC(=O)O)n2)nc(-c2noc3c2CCC[C@@]32CCCCC2=O)n1)[C@@H]1CCCN1CCCCNC(=O)OC(C)(C)C. The van der Waals surface area contributed by atoms with E-state index >= 15 is 0 Å². The van der Waals surface area contributed by atoms with Crippen LogP contribution >= 0.6 is 0 Å². The van der Waals surface area contributed by atoms with Gasteiger partial charge in [-0.3, -0.25) is 14.5 Å². The fourth-order valence-corrected chi connectivity index (χ4v) is 7.68. The number of nitrogens with one attached hydrogen (secondary N) is 1. The number of hydrogen-bond donors (Lipinski definition) is 2. The zero-order chi connectivity index (χ0) is 35.5. The maximum Gasteiger partial charge on any atom is 0.407 e. The predicted molar refractivity (Wildman–Crippen MR) is 182 cm³/mol. The Kier molecular flexibility index (Phi) is 10.6. The van der Waals surface area contributed by atoms with E-state index in [1.165, 1.54) is 4.68 Å². The third-order valence-electron chi connectivity index (χ3n) is 9.96. The summed E-state index contributed by atoms with van der Waals surface area (Å²) in [5.41, 5.74) is 0.610. The minimum Gasteiger partial charge on any atom is -0.481 e. The number of aliphatic carboxylic acids is 1. The lowest BCUT2D eigenvalue weighted by molar-refractivity contribution is -0.136. The summed E-state index contributed by atoms with van der Waals surface area (Å²) in [6.45, 7) is 9.97. The number of carbonyl (C=O) groups is 3. The summed E-state index contributed by atoms with van der Waals surface area (Å²) in [6.07, 6.45) is 10.1. The topological polar surface area (TPSA) is 175 Å². The van der Waals surface area contributed by atoms with E-state index in [0.717, 1.165) is 76.4 Å². The maximum absolute atomic E-state index is 13.3. The molecule has 1 aliphatic heterocycles. The Hall–Kier alpha value is -4.33. The molecule has 270 valence electrons. The molecule has 1 saturated heterocycles. The smallest absolute Gasteiger partial charge is 0.407 e. The second kappa shape index (κ2) is 14.9. The summed E-state index contributed by atoms with van der Waals surface area (Å²) in [4.78, 5) is 48.7. The number of unbranched alkanes of at least 4 members (excludes halogenated alkanes) is 1. The van der Waals surface area contributed by atoms with Crippen molar-refractivity contribution in [3.05, 3.63) is 35.3 Å². The number of rotatable bonds is 12. The third-order valence-corrected chi connectivity index (χ3v) is 9.96. The van der Waals surface area contributed by atoms with Crippen molar-refractivity contribution in [2.45, 2.75) is 128 Å². The van der Waals surface area contributed by atoms with Crippen LogP contribution < -0.4 is 10.1 Å². The van der Waals surface area contributed by atoms with Crippen LogP contribution in [0.1, 0.15) is 109 Å². The molecule has 2 fully saturated rings. The Morgan fingerprint density at radius 2 is 1.96 bits per heavy atom. The highest BCUT2D eigenvalue weighted by Gasteiger charge is 2.48. The first-order valence-corrected chi connectivity index (χ1v) is 18.0. The first kappa shape index (κ1) is 35.5. The van der Waals surface area contributed by atoms with Gasteiger partial charge in [0.05, 0.1) is 17.5 Å². The summed E-state index contributed by atoms with van der Waals surface area (Å²) < 4.78 is 19.4. The van der Waals surface area contributed by atoms with Gasteiger partial charge in [-0.05, 0) is 105 Å². The average Bonchev–Trinajstić information content (AvgIpc) is 3.82. The number of carboxylic acid groups (broad SMARTS) is 1. The monoisotopic (exact) mass is 691 g/mol. The molecule has 3 aliphatic rings. The normalized spacial score (nSPS) is 21.6. The second-order valence-electron chi connectivity index (χ2n) is 14.8. The number of nitrogens with zero attached hydrogens (tertiary/aromatic N) is 6. The van der Waals surface area contributed by atoms with Gasteiger partial charge in [0.25, 0.3) is 0 Å². The number of Topliss-reactive ketones (excluding diaryl/α,β-unsaturated/α-hetero) is 1. The van der Waals surface area contributed by atoms with E-state index in [1.54, 1.807) is 18.3 Å². The number of alkyl carbamates (subject to hydrolysis) is 1. The molecule has 1 saturated carbocycles. The maximum atomic E-state index is 13.3. The van der Waals surface area contributed by atoms with Gasteiger partial charge in [0.15, 0.2) is 23.1 Å². The fourth-order valence-electron chi connectivity index (χ4n) is 7.68. The minimum absolute atomic E-state index is 0.166. The molecule has 0 bridgehead atoms. The Morgan fingerprint density at radius 1 is 1.14 bits per heavy atom. The largest absolute Gasteiger partial charge is 0.481 e. The van der Waals surface area contributed by atoms with Crippen LogP contribution in [0, 0.1) is 0 Å². The summed E-state index contributed by atoms with van der Waals surface area (Å²) in [6, 6.07) is 3.52. The van der Waals surface area contributed by atoms with Crippen LogP contribution in [0.2, 0.25) is 0 Å². The van der Waals surface area contributed by atoms with Gasteiger partial charge in [0, 0.05) is 36.8 Å². The molecular weight excluding hydrogens is 642 g/mol. The van der Waals surface area contributed by atoms with Crippen molar-refractivity contribution >= 4 is 17.8 Å². The predicted octanol–water partition coefficient (Wildman–Crippen LogP) is 5.20. The number of hydrogen-bond acceptors (Lipinski definition) is 11. The molecule has 6 rings (SSSR count). The first-order valence-electron chi connectivity index (χ1n) is 18.0. The van der Waals surface area contributed by atoms with Crippen LogP contribution in [0.3, 0.4) is 0 Å². The lowest BCUT2D eigenvalue weighted by atomic mass is 9.64. The van der Waals surface area contributed by atoms with Crippen molar-refractivity contribution in [3.63, 3.8) is 0 Å². The zero-order valence-electron chi connectivity index (χ0n) is 29.6. The lowest BCUT2D eigenvalue weighted by Gasteiger charge is -2.36. The standard InChI is InChI=1S/C36H49N7O7/c1-23(26-12-10-19-42(26)18-8-7-17-37-34(47)49-35(2,3)4)48-29-22-28(43-20-14-24(40-43)21-30(45)46)38-33(39-29)31-25-11-9-16-36(32(25)50-41-31)15-6-5-13-27(36)44/h14,20,22-23,26H,5-13,15-19,21H2,1-4H3,(H,37,47)(H,45,46)/t23-,26-,36+/m0/s1. The van der Waals surface area contributed by atoms with E-state index in [0.29, 0.717) is 54.1 Å². The van der Waals surface area contributed by atoms with Crippen molar-refractivity contribution in [2.75, 3.05) is 19.6 Å². The molecule has 4 heterocycles. The number of likely N-dealkylation sites (tertiary alicyclic amines) is 1. The number of aromatic nitrogens is 5. The quantitative estimate of drug-likeness (QED) is 0.238. The highest BCUT2D eigenvalue weighted by atomic mass is 16.6. The van der Waals surface area contributed by atoms with E-state index < -0.39 is 23.1 Å². The molecule has 3 aromatic rings. The van der Waals surface area contributed by atoms with Gasteiger partial charge in [-0.25, -0.2) is 14.5 Å². The third kappa shape index (κ3) is 8.00. The van der Waals surface area contributed by atoms with Crippen molar-refractivity contribution in [3.8, 4) is 23.2 Å². The van der Waals surface area contributed by atoms with Crippen molar-refractivity contribution < 1.29 is 33.5 Å². The molecule has 2 N–H and O–H groups in total. The molecule has 3 atom stereocenters. The molecule has 0 aromatic carbocycles. The van der Waals surface area contributed by atoms with Crippen molar-refractivity contribution in [1.82, 2.24) is 35.1 Å². The molecule has 0 unspecified atom stereocenters. The number of carboxylic acids is 1. The first-order chi connectivity index (χ1) is 23.9. The van der Waals surface area contributed by atoms with Gasteiger partial charge in [-0.15, -0.1) is 0 Å². The number of ether oxygens (including phenoxy) is 2. The van der Waals surface area contributed by atoms with E-state index in [2.05, 4.69) is 20.5 Å². The van der Waals surface area contributed by atoms with Gasteiger partial charge >= 0.3 is 12.1 Å². The molecule has 3 aromatic heterocycles. The highest BCUT2D eigenvalue weighted by Crippen LogP contribution is 2.47. The van der Waals surface area contributed by atoms with Gasteiger partial charge in [0.1, 0.15) is 17.5 Å². The lowest BCUT2D eigenvalue weighted by Crippen LogP contribution is -2.41. The van der Waals surface area contributed by atoms with E-state index in [4.69, 9.17) is 24.0 Å². The average molecular weight is 692 g/mol. The Bertz CT molecular complexity index is 1700. The summed E-state index contributed by atoms with van der Waals surface area (Å²) in [7, 11) is 0. The molecule has 14 nitrogen and oxygen atoms in total. The van der Waals surface area contributed by atoms with Crippen LogP contribution in [0.5, 0.6) is 5.88 Å². The summed E-state index contributed by atoms with van der Waals surface area (Å²) in [5.74, 6) is 0.966. The van der Waals surface area contributed by atoms with Gasteiger partial charge in [-0.1, -0.05) is 11.6 Å². The van der Waals surface area contributed by atoms with Crippen LogP contribution in [-0.4, -0.2) is 90.1 Å². The molecule has 1 amide bonds. The van der Waals surface area contributed by atoms with E-state index in [9.17, 15) is 19.5 Å². The number of fused-ring (bicyclic) bond motifs is 2. The van der Waals surface area contributed by atoms with Gasteiger partial charge in [-0.2, -0.15) is 10.1 Å². The Morgan fingerprint density at radius 3 is 2.74 bits per heavy atom. The van der Waals surface area contributed by atoms with Crippen LogP contribution in [0.15, 0.2) is 22.9 Å². The number of amides is 1. The van der Waals surface area contributed by atoms with Crippen LogP contribution in [-0.2, 0) is 32.6 Å². The van der Waals surface area contributed by atoms with Gasteiger partial charge in [0.2, 0.25) is 5.88 Å². The van der Waals surface area contributed by atoms with Gasteiger partial charge < -0.3 is 24.4 Å². The fraction of sp³-hybridized carbons (Fsp3) is 0.639. The Balaban J connectivity index is 1.21. The molecular formula is C36H49N7O7. The molecule has 0 radical (unpaired) electrons. The molecule has 2 aliphatic carbocycles. The summed E-state index contributed by atoms with van der Waals surface area (Å²) in [5, 5.41) is 21.0. The van der Waals surface area contributed by atoms with Crippen molar-refractivity contribution in [1.29, 1.82) is 0 Å². The molecule has 50 heavy (non-hydrogen) atoms. The summed E-state index contributed by atoms with van der Waals surface area (Å²) >= 11 is 0. The van der Waals surface area contributed by atoms with E-state index in [1.807, 2.05) is 27.7 Å².